The minimum absolute atomic E-state index is 0.0149. The Kier molecular flexibility index (Phi) is 4.94. The summed E-state index contributed by atoms with van der Waals surface area (Å²) in [5, 5.41) is 3.26. The van der Waals surface area contributed by atoms with Crippen molar-refractivity contribution in [2.24, 2.45) is 0 Å². The molecule has 7 heteroatoms. The van der Waals surface area contributed by atoms with Crippen LogP contribution in [-0.2, 0) is 9.84 Å². The normalized spacial score (nSPS) is 18.9. The van der Waals surface area contributed by atoms with Gasteiger partial charge in [0.15, 0.2) is 9.84 Å². The van der Waals surface area contributed by atoms with Crippen LogP contribution in [0.25, 0.3) is 0 Å². The molecule has 0 amide bonds. The Hall–Kier alpha value is -2.15. The summed E-state index contributed by atoms with van der Waals surface area (Å²) >= 11 is 0. The van der Waals surface area contributed by atoms with Crippen molar-refractivity contribution < 1.29 is 8.42 Å². The number of benzene rings is 1. The van der Waals surface area contributed by atoms with E-state index in [2.05, 4.69) is 33.2 Å². The molecule has 0 saturated carbocycles. The monoisotopic (exact) mass is 360 g/mol. The fraction of sp³-hybridized carbons (Fsp3) is 0.444. The Morgan fingerprint density at radius 2 is 2.08 bits per heavy atom. The molecule has 1 atom stereocenters. The van der Waals surface area contributed by atoms with Crippen LogP contribution in [0.4, 0.5) is 17.5 Å². The smallest absolute Gasteiger partial charge is 0.229 e. The fourth-order valence-corrected chi connectivity index (χ4v) is 5.00. The lowest BCUT2D eigenvalue weighted by Crippen LogP contribution is -2.36. The van der Waals surface area contributed by atoms with Gasteiger partial charge in [0, 0.05) is 24.5 Å². The summed E-state index contributed by atoms with van der Waals surface area (Å²) in [5.74, 6) is 1.73. The van der Waals surface area contributed by atoms with Gasteiger partial charge in [-0.15, -0.1) is 0 Å². The van der Waals surface area contributed by atoms with E-state index in [1.54, 1.807) is 6.20 Å². The van der Waals surface area contributed by atoms with Crippen molar-refractivity contribution in [2.45, 2.75) is 33.2 Å². The lowest BCUT2D eigenvalue weighted by atomic mass is 10.1. The number of hydrogen-bond donors (Lipinski definition) is 1. The molecule has 6 nitrogen and oxygen atoms in total. The highest BCUT2D eigenvalue weighted by Gasteiger charge is 2.32. The van der Waals surface area contributed by atoms with E-state index in [4.69, 9.17) is 0 Å². The summed E-state index contributed by atoms with van der Waals surface area (Å²) in [6.07, 6.45) is 2.36. The molecule has 1 unspecified atom stereocenters. The van der Waals surface area contributed by atoms with Crippen molar-refractivity contribution >= 4 is 27.3 Å². The Morgan fingerprint density at radius 1 is 1.28 bits per heavy atom. The van der Waals surface area contributed by atoms with Gasteiger partial charge in [0.2, 0.25) is 5.95 Å². The van der Waals surface area contributed by atoms with Crippen molar-refractivity contribution in [1.29, 1.82) is 0 Å². The number of aromatic nitrogens is 2. The minimum atomic E-state index is -2.93. The van der Waals surface area contributed by atoms with Gasteiger partial charge in [0.25, 0.3) is 0 Å². The van der Waals surface area contributed by atoms with Crippen molar-refractivity contribution in [3.05, 3.63) is 41.6 Å². The molecule has 1 aliphatic rings. The predicted molar refractivity (Wildman–Crippen MR) is 101 cm³/mol. The Labute approximate surface area is 149 Å². The molecule has 1 fully saturated rings. The van der Waals surface area contributed by atoms with E-state index in [9.17, 15) is 8.42 Å². The highest BCUT2D eigenvalue weighted by atomic mass is 32.2. The Bertz CT molecular complexity index is 867. The number of sulfone groups is 1. The van der Waals surface area contributed by atoms with Crippen LogP contribution in [0.15, 0.2) is 30.5 Å². The molecule has 1 saturated heterocycles. The van der Waals surface area contributed by atoms with Crippen molar-refractivity contribution in [1.82, 2.24) is 9.97 Å². The quantitative estimate of drug-likeness (QED) is 0.884. The molecule has 2 aromatic rings. The average molecular weight is 360 g/mol. The van der Waals surface area contributed by atoms with Crippen LogP contribution in [0.3, 0.4) is 0 Å². The van der Waals surface area contributed by atoms with E-state index in [-0.39, 0.29) is 17.5 Å². The zero-order chi connectivity index (χ0) is 18.0. The molecule has 0 spiro atoms. The second-order valence-electron chi connectivity index (χ2n) is 6.52. The molecule has 2 heterocycles. The number of nitrogens with zero attached hydrogens (tertiary/aromatic N) is 3. The van der Waals surface area contributed by atoms with Gasteiger partial charge in [-0.1, -0.05) is 17.7 Å². The van der Waals surface area contributed by atoms with Gasteiger partial charge in [-0.3, -0.25) is 0 Å². The third kappa shape index (κ3) is 4.10. The molecule has 0 aliphatic carbocycles. The lowest BCUT2D eigenvalue weighted by Gasteiger charge is -2.28. The van der Waals surface area contributed by atoms with E-state index >= 15 is 0 Å². The maximum absolute atomic E-state index is 11.8. The lowest BCUT2D eigenvalue weighted by molar-refractivity contribution is 0.599. The van der Waals surface area contributed by atoms with E-state index in [0.29, 0.717) is 18.9 Å². The van der Waals surface area contributed by atoms with Crippen molar-refractivity contribution in [2.75, 3.05) is 28.3 Å². The zero-order valence-electron chi connectivity index (χ0n) is 14.9. The second kappa shape index (κ2) is 7.00. The number of aryl methyl sites for hydroxylation is 2. The first-order valence-electron chi connectivity index (χ1n) is 8.52. The summed E-state index contributed by atoms with van der Waals surface area (Å²) in [5.41, 5.74) is 3.30. The largest absolute Gasteiger partial charge is 0.353 e. The molecular weight excluding hydrogens is 336 g/mol. The summed E-state index contributed by atoms with van der Waals surface area (Å²) < 4.78 is 23.6. The Balaban J connectivity index is 1.82. The number of anilines is 3. The summed E-state index contributed by atoms with van der Waals surface area (Å²) in [7, 11) is -2.93. The van der Waals surface area contributed by atoms with Gasteiger partial charge in [-0.2, -0.15) is 4.98 Å². The maximum atomic E-state index is 11.8. The van der Waals surface area contributed by atoms with Crippen LogP contribution in [0.2, 0.25) is 0 Å². The molecule has 0 bridgehead atoms. The molecule has 1 aromatic heterocycles. The fourth-order valence-electron chi connectivity index (χ4n) is 3.27. The number of rotatable bonds is 5. The molecule has 134 valence electrons. The molecule has 0 radical (unpaired) electrons. The van der Waals surface area contributed by atoms with Gasteiger partial charge in [-0.25, -0.2) is 13.4 Å². The summed E-state index contributed by atoms with van der Waals surface area (Å²) in [4.78, 5) is 11.0. The van der Waals surface area contributed by atoms with E-state index in [1.807, 2.05) is 32.0 Å². The molecule has 1 N–H and O–H groups in total. The first-order valence-corrected chi connectivity index (χ1v) is 10.3. The van der Waals surface area contributed by atoms with E-state index in [0.717, 1.165) is 17.1 Å². The highest BCUT2D eigenvalue weighted by Crippen LogP contribution is 2.25. The van der Waals surface area contributed by atoms with Crippen LogP contribution in [0.5, 0.6) is 0 Å². The number of nitrogens with one attached hydrogen (secondary N) is 1. The Morgan fingerprint density at radius 3 is 2.72 bits per heavy atom. The van der Waals surface area contributed by atoms with Gasteiger partial charge in [0.05, 0.1) is 11.5 Å². The van der Waals surface area contributed by atoms with Gasteiger partial charge >= 0.3 is 0 Å². The molecule has 1 aromatic carbocycles. The summed E-state index contributed by atoms with van der Waals surface area (Å²) in [6.45, 7) is 6.83. The van der Waals surface area contributed by atoms with Crippen LogP contribution in [0.1, 0.15) is 24.5 Å². The zero-order valence-corrected chi connectivity index (χ0v) is 15.7. The maximum Gasteiger partial charge on any atom is 0.229 e. The van der Waals surface area contributed by atoms with E-state index < -0.39 is 9.84 Å². The third-order valence-electron chi connectivity index (χ3n) is 4.55. The highest BCUT2D eigenvalue weighted by molar-refractivity contribution is 7.91. The summed E-state index contributed by atoms with van der Waals surface area (Å²) in [6, 6.07) is 7.98. The standard InChI is InChI=1S/C18H24N4O2S/c1-4-22(15-8-10-25(23,24)12-15)17-7-9-19-18(21-17)20-16-6-5-13(2)11-14(16)3/h5-7,9,11,15H,4,8,10,12H2,1-3H3,(H,19,20,21). The minimum Gasteiger partial charge on any atom is -0.353 e. The first kappa shape index (κ1) is 17.7. The van der Waals surface area contributed by atoms with E-state index in [1.165, 1.54) is 5.56 Å². The number of hydrogen-bond acceptors (Lipinski definition) is 6. The van der Waals surface area contributed by atoms with Crippen molar-refractivity contribution in [3.63, 3.8) is 0 Å². The molecular formula is C18H24N4O2S. The average Bonchev–Trinajstić information content (AvgIpc) is 2.91. The molecule has 1 aliphatic heterocycles. The topological polar surface area (TPSA) is 75.2 Å². The van der Waals surface area contributed by atoms with Crippen molar-refractivity contribution in [3.8, 4) is 0 Å². The molecule has 3 rings (SSSR count). The second-order valence-corrected chi connectivity index (χ2v) is 8.75. The van der Waals surface area contributed by atoms with Crippen LogP contribution < -0.4 is 10.2 Å². The third-order valence-corrected chi connectivity index (χ3v) is 6.30. The predicted octanol–water partition coefficient (Wildman–Crippen LogP) is 2.85. The van der Waals surface area contributed by atoms with Gasteiger partial charge in [0.1, 0.15) is 5.82 Å². The van der Waals surface area contributed by atoms with Crippen LogP contribution >= 0.6 is 0 Å². The van der Waals surface area contributed by atoms with Crippen LogP contribution in [0, 0.1) is 13.8 Å². The SMILES string of the molecule is CCN(c1ccnc(Nc2ccc(C)cc2C)n1)C1CCS(=O)(=O)C1. The van der Waals surface area contributed by atoms with Gasteiger partial charge in [-0.05, 0) is 44.9 Å². The molecule has 25 heavy (non-hydrogen) atoms. The van der Waals surface area contributed by atoms with Gasteiger partial charge < -0.3 is 10.2 Å². The first-order chi connectivity index (χ1) is 11.9. The van der Waals surface area contributed by atoms with Crippen LogP contribution in [-0.4, -0.2) is 42.5 Å².